The number of amides is 4. The summed E-state index contributed by atoms with van der Waals surface area (Å²) in [5.74, 6) is -0.164. The molecule has 0 radical (unpaired) electrons. The van der Waals surface area contributed by atoms with Crippen LogP contribution in [0, 0.1) is 11.8 Å². The number of urea groups is 1. The molecule has 1 aliphatic heterocycles. The van der Waals surface area contributed by atoms with Crippen molar-refractivity contribution in [3.8, 4) is 0 Å². The van der Waals surface area contributed by atoms with E-state index >= 15 is 0 Å². The van der Waals surface area contributed by atoms with Crippen molar-refractivity contribution >= 4 is 29.5 Å². The lowest BCUT2D eigenvalue weighted by Crippen LogP contribution is -2.71. The number of carbonyl (C=O) groups is 3. The fourth-order valence-corrected chi connectivity index (χ4v) is 5.53. The zero-order valence-corrected chi connectivity index (χ0v) is 21.4. The maximum atomic E-state index is 13.6. The predicted molar refractivity (Wildman–Crippen MR) is 137 cm³/mol. The van der Waals surface area contributed by atoms with E-state index in [9.17, 15) is 14.4 Å². The van der Waals surface area contributed by atoms with Gasteiger partial charge in [-0.05, 0) is 49.3 Å². The maximum absolute atomic E-state index is 13.6. The van der Waals surface area contributed by atoms with Gasteiger partial charge in [-0.1, -0.05) is 32.6 Å². The quantitative estimate of drug-likeness (QED) is 0.542. The Morgan fingerprint density at radius 1 is 1.25 bits per heavy atom. The number of hydrogen-bond donors (Lipinski definition) is 2. The molecule has 0 bridgehead atoms. The van der Waals surface area contributed by atoms with E-state index in [4.69, 9.17) is 5.73 Å². The number of pyridine rings is 1. The van der Waals surface area contributed by atoms with Crippen LogP contribution in [0.3, 0.4) is 0 Å². The number of anilines is 2. The number of nitrogens with zero attached hydrogens (tertiary/aromatic N) is 5. The van der Waals surface area contributed by atoms with E-state index in [2.05, 4.69) is 22.3 Å². The third-order valence-electron chi connectivity index (χ3n) is 7.49. The Hall–Kier alpha value is -3.43. The van der Waals surface area contributed by atoms with Crippen molar-refractivity contribution in [1.82, 2.24) is 25.0 Å². The van der Waals surface area contributed by atoms with Crippen molar-refractivity contribution in [2.45, 2.75) is 70.4 Å². The number of likely N-dealkylation sites (N-methyl/N-ethyl adjacent to an activating group) is 1. The van der Waals surface area contributed by atoms with Crippen molar-refractivity contribution in [3.05, 3.63) is 36.2 Å². The number of likely N-dealkylation sites (tertiary alicyclic amines) is 1. The van der Waals surface area contributed by atoms with Gasteiger partial charge in [-0.25, -0.2) is 9.78 Å². The van der Waals surface area contributed by atoms with Crippen LogP contribution in [0.25, 0.3) is 0 Å². The van der Waals surface area contributed by atoms with E-state index in [-0.39, 0.29) is 17.9 Å². The molecular weight excluding hydrogens is 458 g/mol. The smallest absolute Gasteiger partial charge is 0.325 e. The van der Waals surface area contributed by atoms with Crippen LogP contribution in [0.1, 0.15) is 57.4 Å². The molecule has 10 heteroatoms. The molecule has 0 aromatic carbocycles. The number of hydrogen-bond acceptors (Lipinski definition) is 6. The number of nitrogen functional groups attached to an aromatic ring is 1. The first-order valence-corrected chi connectivity index (χ1v) is 12.9. The fraction of sp³-hybridized carbons (Fsp3) is 0.577. The maximum Gasteiger partial charge on any atom is 0.325 e. The second-order valence-corrected chi connectivity index (χ2v) is 10.0. The normalized spacial score (nSPS) is 21.1. The molecule has 4 rings (SSSR count). The molecule has 1 unspecified atom stereocenters. The van der Waals surface area contributed by atoms with E-state index in [1.807, 2.05) is 0 Å². The largest absolute Gasteiger partial charge is 0.384 e. The molecule has 2 aromatic rings. The second kappa shape index (κ2) is 11.1. The second-order valence-electron chi connectivity index (χ2n) is 10.0. The molecule has 2 fully saturated rings. The van der Waals surface area contributed by atoms with Gasteiger partial charge in [-0.15, -0.1) is 0 Å². The Bertz CT molecular complexity index is 1090. The minimum atomic E-state index is -0.924. The van der Waals surface area contributed by atoms with E-state index in [1.54, 1.807) is 49.4 Å². The van der Waals surface area contributed by atoms with Gasteiger partial charge in [0.05, 0.1) is 5.92 Å². The van der Waals surface area contributed by atoms with Crippen molar-refractivity contribution in [2.24, 2.45) is 18.9 Å². The van der Waals surface area contributed by atoms with Crippen LogP contribution in [0.4, 0.5) is 16.4 Å². The standard InChI is InChI=1S/C26H37N7O3/c1-4-8-20(18-9-6-5-7-10-18)29-26(36)33-23(25(35)32(3)22-12-14-31(2)30-22)19(24(33)34)15-17-11-13-28-21(27)16-17/h11-14,16,18-20,23H,4-10,15H2,1-3H3,(H2,27,28)(H,29,36)/t19?,20-,23+/m1/s1. The molecule has 1 saturated heterocycles. The fourth-order valence-electron chi connectivity index (χ4n) is 5.53. The van der Waals surface area contributed by atoms with Crippen LogP contribution < -0.4 is 16.0 Å². The topological polar surface area (TPSA) is 126 Å². The minimum Gasteiger partial charge on any atom is -0.384 e. The van der Waals surface area contributed by atoms with Crippen LogP contribution in [-0.4, -0.2) is 56.6 Å². The summed E-state index contributed by atoms with van der Waals surface area (Å²) >= 11 is 0. The lowest BCUT2D eigenvalue weighted by atomic mass is 9.81. The Kier molecular flexibility index (Phi) is 7.91. The van der Waals surface area contributed by atoms with Crippen molar-refractivity contribution < 1.29 is 14.4 Å². The summed E-state index contributed by atoms with van der Waals surface area (Å²) in [7, 11) is 3.39. The number of rotatable bonds is 8. The Balaban J connectivity index is 1.56. The van der Waals surface area contributed by atoms with Gasteiger partial charge in [0.2, 0.25) is 5.91 Å². The molecule has 2 aliphatic rings. The van der Waals surface area contributed by atoms with Crippen molar-refractivity contribution in [3.63, 3.8) is 0 Å². The van der Waals surface area contributed by atoms with Gasteiger partial charge in [0.15, 0.2) is 5.82 Å². The summed E-state index contributed by atoms with van der Waals surface area (Å²) in [6, 6.07) is 3.78. The third kappa shape index (κ3) is 5.37. The Labute approximate surface area is 212 Å². The van der Waals surface area contributed by atoms with Gasteiger partial charge in [-0.2, -0.15) is 5.10 Å². The molecule has 0 spiro atoms. The average Bonchev–Trinajstić information content (AvgIpc) is 3.31. The first-order chi connectivity index (χ1) is 17.3. The molecule has 194 valence electrons. The summed E-state index contributed by atoms with van der Waals surface area (Å²) in [6.45, 7) is 2.10. The lowest BCUT2D eigenvalue weighted by molar-refractivity contribution is -0.156. The summed E-state index contributed by atoms with van der Waals surface area (Å²) in [5, 5.41) is 7.44. The molecular formula is C26H37N7O3. The number of nitrogens with two attached hydrogens (primary N) is 1. The van der Waals surface area contributed by atoms with Gasteiger partial charge in [0.25, 0.3) is 5.91 Å². The van der Waals surface area contributed by atoms with Crippen LogP contribution in [-0.2, 0) is 23.1 Å². The molecule has 36 heavy (non-hydrogen) atoms. The highest BCUT2D eigenvalue weighted by molar-refractivity contribution is 6.12. The minimum absolute atomic E-state index is 0.00100. The first-order valence-electron chi connectivity index (χ1n) is 12.9. The summed E-state index contributed by atoms with van der Waals surface area (Å²) in [5.41, 5.74) is 6.62. The van der Waals surface area contributed by atoms with Crippen molar-refractivity contribution in [1.29, 1.82) is 0 Å². The number of aromatic nitrogens is 3. The number of carbonyl (C=O) groups excluding carboxylic acids is 3. The molecule has 3 heterocycles. The number of imide groups is 1. The zero-order valence-electron chi connectivity index (χ0n) is 21.4. The van der Waals surface area contributed by atoms with E-state index < -0.39 is 18.0 Å². The van der Waals surface area contributed by atoms with Gasteiger partial charge in [-0.3, -0.25) is 24.1 Å². The average molecular weight is 496 g/mol. The Morgan fingerprint density at radius 3 is 2.64 bits per heavy atom. The molecule has 4 amide bonds. The van der Waals surface area contributed by atoms with Crippen LogP contribution in [0.2, 0.25) is 0 Å². The summed E-state index contributed by atoms with van der Waals surface area (Å²) in [6.07, 6.45) is 11.1. The highest BCUT2D eigenvalue weighted by atomic mass is 16.2. The summed E-state index contributed by atoms with van der Waals surface area (Å²) < 4.78 is 1.60. The number of aryl methyl sites for hydroxylation is 1. The molecule has 3 atom stereocenters. The van der Waals surface area contributed by atoms with Gasteiger partial charge < -0.3 is 11.1 Å². The molecule has 2 aromatic heterocycles. The van der Waals surface area contributed by atoms with Crippen LogP contribution in [0.5, 0.6) is 0 Å². The summed E-state index contributed by atoms with van der Waals surface area (Å²) in [4.78, 5) is 47.0. The number of β-lactam (4-membered cyclic amide) rings is 1. The van der Waals surface area contributed by atoms with Gasteiger partial charge in [0, 0.05) is 38.6 Å². The van der Waals surface area contributed by atoms with Gasteiger partial charge in [0.1, 0.15) is 11.9 Å². The van der Waals surface area contributed by atoms with Crippen molar-refractivity contribution in [2.75, 3.05) is 17.7 Å². The van der Waals surface area contributed by atoms with Crippen LogP contribution in [0.15, 0.2) is 30.6 Å². The van der Waals surface area contributed by atoms with E-state index in [1.165, 1.54) is 11.3 Å². The predicted octanol–water partition coefficient (Wildman–Crippen LogP) is 2.89. The van der Waals surface area contributed by atoms with E-state index in [0.717, 1.165) is 49.0 Å². The molecule has 10 nitrogen and oxygen atoms in total. The highest BCUT2D eigenvalue weighted by Crippen LogP contribution is 2.34. The number of nitrogens with one attached hydrogen (secondary N) is 1. The monoisotopic (exact) mass is 495 g/mol. The molecule has 1 aliphatic carbocycles. The molecule has 3 N–H and O–H groups in total. The third-order valence-corrected chi connectivity index (χ3v) is 7.49. The Morgan fingerprint density at radius 2 is 2.00 bits per heavy atom. The SMILES string of the molecule is CCC[C@@H](NC(=O)N1C(=O)C(Cc2ccnc(N)c2)[C@H]1C(=O)N(C)c1ccn(C)n1)C1CCCCC1. The van der Waals surface area contributed by atoms with E-state index in [0.29, 0.717) is 24.0 Å². The first kappa shape index (κ1) is 25.7. The highest BCUT2D eigenvalue weighted by Gasteiger charge is 2.55. The van der Waals surface area contributed by atoms with Gasteiger partial charge >= 0.3 is 6.03 Å². The van der Waals surface area contributed by atoms with Crippen LogP contribution >= 0.6 is 0 Å². The lowest BCUT2D eigenvalue weighted by Gasteiger charge is -2.46. The zero-order chi connectivity index (χ0) is 25.8. The molecule has 1 saturated carbocycles.